The number of aliphatic hydroxyl groups is 5. The number of hydrogen-bond donors (Lipinski definition) is 6. The number of allylic oxidation sites excluding steroid dienone is 1. The van der Waals surface area contributed by atoms with Crippen LogP contribution in [0.5, 0.6) is 0 Å². The summed E-state index contributed by atoms with van der Waals surface area (Å²) in [5.74, 6) is -1.18. The third kappa shape index (κ3) is 33.0. The molecule has 0 aliphatic carbocycles. The second-order valence-electron chi connectivity index (χ2n) is 19.7. The topological polar surface area (TPSA) is 175 Å². The first-order chi connectivity index (χ1) is 32.2. The quantitative estimate of drug-likeness (QED) is 0.0196. The molecule has 11 heteroatoms. The fourth-order valence-electron chi connectivity index (χ4n) is 8.95. The van der Waals surface area contributed by atoms with Crippen LogP contribution in [0.25, 0.3) is 0 Å². The minimum atomic E-state index is -1.60. The number of unbranched alkanes of at least 4 members (excludes halogenated alkanes) is 33. The summed E-state index contributed by atoms with van der Waals surface area (Å²) >= 11 is 0. The van der Waals surface area contributed by atoms with Crippen LogP contribution in [0.2, 0.25) is 0 Å². The van der Waals surface area contributed by atoms with Gasteiger partial charge in [-0.3, -0.25) is 9.59 Å². The summed E-state index contributed by atoms with van der Waals surface area (Å²) in [6.07, 6.45) is 36.9. The Kier molecular flexibility index (Phi) is 42.2. The van der Waals surface area contributed by atoms with Crippen molar-refractivity contribution >= 4 is 11.9 Å². The van der Waals surface area contributed by atoms with E-state index in [9.17, 15) is 35.1 Å². The summed E-state index contributed by atoms with van der Waals surface area (Å²) in [4.78, 5) is 26.4. The van der Waals surface area contributed by atoms with Gasteiger partial charge < -0.3 is 45.1 Å². The molecule has 8 atom stereocenters. The molecule has 1 aliphatic heterocycles. The van der Waals surface area contributed by atoms with E-state index < -0.39 is 67.4 Å². The van der Waals surface area contributed by atoms with Crippen LogP contribution >= 0.6 is 0 Å². The van der Waals surface area contributed by atoms with Gasteiger partial charge in [0.05, 0.1) is 25.4 Å². The second kappa shape index (κ2) is 44.6. The summed E-state index contributed by atoms with van der Waals surface area (Å²) in [7, 11) is 0. The molecule has 0 spiro atoms. The van der Waals surface area contributed by atoms with Crippen molar-refractivity contribution in [1.29, 1.82) is 0 Å². The number of aliphatic hydroxyl groups excluding tert-OH is 5. The number of esters is 1. The SMILES string of the molecule is CCCCCCCCCCCC/C=C/C(O)C(COC1OC(CO)C(O)C(O)C1OC(=O)CCCCCCCCCCCCC)NC(=O)C(O)CCCCCCCCCCCCCCCC. The van der Waals surface area contributed by atoms with E-state index in [0.717, 1.165) is 57.8 Å². The molecule has 1 fully saturated rings. The second-order valence-corrected chi connectivity index (χ2v) is 19.7. The van der Waals surface area contributed by atoms with Crippen molar-refractivity contribution in [1.82, 2.24) is 5.32 Å². The van der Waals surface area contributed by atoms with Crippen LogP contribution < -0.4 is 5.32 Å². The zero-order valence-electron chi connectivity index (χ0n) is 42.8. The van der Waals surface area contributed by atoms with E-state index in [1.54, 1.807) is 6.08 Å². The Morgan fingerprint density at radius 3 is 1.42 bits per heavy atom. The Morgan fingerprint density at radius 1 is 0.576 bits per heavy atom. The van der Waals surface area contributed by atoms with Gasteiger partial charge in [-0.1, -0.05) is 245 Å². The van der Waals surface area contributed by atoms with E-state index in [0.29, 0.717) is 19.3 Å². The molecule has 1 aliphatic rings. The van der Waals surface area contributed by atoms with Crippen molar-refractivity contribution in [2.45, 2.75) is 314 Å². The minimum absolute atomic E-state index is 0.130. The van der Waals surface area contributed by atoms with Gasteiger partial charge in [-0.05, 0) is 25.7 Å². The Bertz CT molecular complexity index is 1130. The van der Waals surface area contributed by atoms with Gasteiger partial charge in [0.2, 0.25) is 5.91 Å². The zero-order valence-corrected chi connectivity index (χ0v) is 42.8. The van der Waals surface area contributed by atoms with Gasteiger partial charge in [-0.25, -0.2) is 0 Å². The lowest BCUT2D eigenvalue weighted by molar-refractivity contribution is -0.305. The molecule has 0 aromatic rings. The fraction of sp³-hybridized carbons (Fsp3) is 0.927. The average molecular weight is 940 g/mol. The van der Waals surface area contributed by atoms with E-state index in [2.05, 4.69) is 26.1 Å². The maximum atomic E-state index is 13.3. The molecular weight excluding hydrogens is 835 g/mol. The highest BCUT2D eigenvalue weighted by molar-refractivity contribution is 5.80. The summed E-state index contributed by atoms with van der Waals surface area (Å²) in [5, 5.41) is 56.7. The highest BCUT2D eigenvalue weighted by atomic mass is 16.7. The Hall–Kier alpha value is -1.60. The number of ether oxygens (including phenoxy) is 3. The van der Waals surface area contributed by atoms with Gasteiger partial charge >= 0.3 is 5.97 Å². The summed E-state index contributed by atoms with van der Waals surface area (Å²) in [6, 6.07) is -1.01. The predicted molar refractivity (Wildman–Crippen MR) is 269 cm³/mol. The monoisotopic (exact) mass is 940 g/mol. The number of rotatable bonds is 47. The van der Waals surface area contributed by atoms with Crippen LogP contribution in [0.15, 0.2) is 12.2 Å². The third-order valence-corrected chi connectivity index (χ3v) is 13.4. The van der Waals surface area contributed by atoms with Gasteiger partial charge in [0.15, 0.2) is 12.4 Å². The maximum absolute atomic E-state index is 13.3. The van der Waals surface area contributed by atoms with Crippen LogP contribution in [-0.4, -0.2) is 99.6 Å². The number of carbonyl (C=O) groups is 2. The van der Waals surface area contributed by atoms with E-state index in [4.69, 9.17) is 14.2 Å². The molecule has 0 aromatic carbocycles. The van der Waals surface area contributed by atoms with E-state index in [1.165, 1.54) is 161 Å². The van der Waals surface area contributed by atoms with Gasteiger partial charge in [-0.2, -0.15) is 0 Å². The molecule has 66 heavy (non-hydrogen) atoms. The van der Waals surface area contributed by atoms with Gasteiger partial charge in [0, 0.05) is 6.42 Å². The first-order valence-corrected chi connectivity index (χ1v) is 28.0. The highest BCUT2D eigenvalue weighted by Crippen LogP contribution is 2.26. The maximum Gasteiger partial charge on any atom is 0.306 e. The van der Waals surface area contributed by atoms with Crippen molar-refractivity contribution in [3.05, 3.63) is 12.2 Å². The molecule has 8 unspecified atom stereocenters. The summed E-state index contributed by atoms with van der Waals surface area (Å²) in [6.45, 7) is 5.77. The summed E-state index contributed by atoms with van der Waals surface area (Å²) < 4.78 is 17.5. The smallest absolute Gasteiger partial charge is 0.306 e. The molecule has 0 radical (unpaired) electrons. The van der Waals surface area contributed by atoms with Crippen LogP contribution in [-0.2, 0) is 23.8 Å². The normalized spacial score (nSPS) is 20.2. The number of hydrogen-bond acceptors (Lipinski definition) is 10. The lowest BCUT2D eigenvalue weighted by atomic mass is 9.99. The molecule has 6 N–H and O–H groups in total. The molecule has 0 bridgehead atoms. The van der Waals surface area contributed by atoms with Crippen LogP contribution in [0.4, 0.5) is 0 Å². The molecule has 11 nitrogen and oxygen atoms in total. The van der Waals surface area contributed by atoms with E-state index in [-0.39, 0.29) is 13.0 Å². The number of nitrogens with one attached hydrogen (secondary N) is 1. The van der Waals surface area contributed by atoms with Gasteiger partial charge in [0.25, 0.3) is 0 Å². The molecule has 0 aromatic heterocycles. The molecule has 1 rings (SSSR count). The Morgan fingerprint density at radius 2 is 0.985 bits per heavy atom. The lowest BCUT2D eigenvalue weighted by Crippen LogP contribution is -2.61. The largest absolute Gasteiger partial charge is 0.454 e. The predicted octanol–water partition coefficient (Wildman–Crippen LogP) is 12.0. The van der Waals surface area contributed by atoms with Gasteiger partial charge in [-0.15, -0.1) is 0 Å². The Balaban J connectivity index is 2.74. The molecule has 0 saturated carbocycles. The van der Waals surface area contributed by atoms with Crippen molar-refractivity contribution < 1.29 is 49.3 Å². The van der Waals surface area contributed by atoms with Crippen LogP contribution in [0.3, 0.4) is 0 Å². The molecular formula is C55H105NO10. The first kappa shape index (κ1) is 62.4. The minimum Gasteiger partial charge on any atom is -0.454 e. The van der Waals surface area contributed by atoms with Crippen LogP contribution in [0, 0.1) is 0 Å². The molecule has 390 valence electrons. The first-order valence-electron chi connectivity index (χ1n) is 28.0. The Labute approximate surface area is 404 Å². The fourth-order valence-corrected chi connectivity index (χ4v) is 8.95. The van der Waals surface area contributed by atoms with Crippen LogP contribution in [0.1, 0.15) is 265 Å². The van der Waals surface area contributed by atoms with Crippen molar-refractivity contribution in [2.24, 2.45) is 0 Å². The molecule has 1 saturated heterocycles. The number of carbonyl (C=O) groups excluding carboxylic acids is 2. The highest BCUT2D eigenvalue weighted by Gasteiger charge is 2.47. The van der Waals surface area contributed by atoms with E-state index in [1.807, 2.05) is 6.08 Å². The zero-order chi connectivity index (χ0) is 48.3. The standard InChI is InChI=1S/C55H105NO10/c1-4-7-10-13-16-19-22-24-25-28-30-33-36-39-42-48(59)54(63)56-46(47(58)41-38-35-32-29-27-23-20-17-14-11-8-5-2)45-64-55-53(52(62)51(61)49(44-57)65-55)66-50(60)43-40-37-34-31-26-21-18-15-12-9-6-3/h38,41,46-49,51-53,55,57-59,61-62H,4-37,39-40,42-45H2,1-3H3,(H,56,63)/b41-38+. The molecule has 1 amide bonds. The van der Waals surface area contributed by atoms with Crippen molar-refractivity contribution in [3.63, 3.8) is 0 Å². The van der Waals surface area contributed by atoms with Crippen molar-refractivity contribution in [2.75, 3.05) is 13.2 Å². The lowest BCUT2D eigenvalue weighted by Gasteiger charge is -2.41. The van der Waals surface area contributed by atoms with Gasteiger partial charge in [0.1, 0.15) is 24.4 Å². The average Bonchev–Trinajstić information content (AvgIpc) is 3.31. The number of amides is 1. The van der Waals surface area contributed by atoms with Crippen molar-refractivity contribution in [3.8, 4) is 0 Å². The molecule has 1 heterocycles. The summed E-state index contributed by atoms with van der Waals surface area (Å²) in [5.41, 5.74) is 0. The van der Waals surface area contributed by atoms with E-state index >= 15 is 0 Å². The third-order valence-electron chi connectivity index (χ3n) is 13.4.